The molecule has 26 heavy (non-hydrogen) atoms. The molecular formula is C18H17F5N2O. The van der Waals surface area contributed by atoms with Gasteiger partial charge in [0.1, 0.15) is 11.6 Å². The summed E-state index contributed by atoms with van der Waals surface area (Å²) in [5.41, 5.74) is -0.819. The lowest BCUT2D eigenvalue weighted by atomic mass is 10.1. The Morgan fingerprint density at radius 1 is 1.08 bits per heavy atom. The molecule has 2 aromatic carbocycles. The Morgan fingerprint density at radius 2 is 1.69 bits per heavy atom. The van der Waals surface area contributed by atoms with Crippen LogP contribution in [0.4, 0.5) is 27.6 Å². The topological polar surface area (TPSA) is 41.1 Å². The number of rotatable bonds is 6. The highest BCUT2D eigenvalue weighted by Crippen LogP contribution is 2.30. The normalized spacial score (nSPS) is 12.5. The van der Waals surface area contributed by atoms with E-state index in [1.807, 2.05) is 0 Å². The largest absolute Gasteiger partial charge is 0.416 e. The van der Waals surface area contributed by atoms with Crippen LogP contribution in [-0.4, -0.2) is 18.5 Å². The van der Waals surface area contributed by atoms with Crippen LogP contribution in [0.25, 0.3) is 0 Å². The highest BCUT2D eigenvalue weighted by atomic mass is 19.4. The van der Waals surface area contributed by atoms with Crippen molar-refractivity contribution in [1.82, 2.24) is 5.32 Å². The average Bonchev–Trinajstić information content (AvgIpc) is 2.56. The van der Waals surface area contributed by atoms with Gasteiger partial charge in [-0.15, -0.1) is 0 Å². The summed E-state index contributed by atoms with van der Waals surface area (Å²) in [6, 6.07) is 7.40. The molecule has 8 heteroatoms. The van der Waals surface area contributed by atoms with Crippen molar-refractivity contribution < 1.29 is 26.7 Å². The van der Waals surface area contributed by atoms with Crippen LogP contribution in [0.1, 0.15) is 18.1 Å². The summed E-state index contributed by atoms with van der Waals surface area (Å²) in [5.74, 6) is -1.91. The van der Waals surface area contributed by atoms with Gasteiger partial charge in [-0.3, -0.25) is 4.79 Å². The number of nitrogens with one attached hydrogen (secondary N) is 2. The Hall–Kier alpha value is -2.64. The van der Waals surface area contributed by atoms with E-state index in [-0.39, 0.29) is 24.2 Å². The maximum Gasteiger partial charge on any atom is 0.416 e. The third kappa shape index (κ3) is 5.44. The summed E-state index contributed by atoms with van der Waals surface area (Å²) in [7, 11) is 0. The number of carbonyl (C=O) groups is 1. The lowest BCUT2D eigenvalue weighted by Crippen LogP contribution is -2.38. The number of hydrogen-bond donors (Lipinski definition) is 2. The fourth-order valence-corrected chi connectivity index (χ4v) is 2.40. The van der Waals surface area contributed by atoms with Crippen molar-refractivity contribution in [3.8, 4) is 0 Å². The molecular weight excluding hydrogens is 355 g/mol. The summed E-state index contributed by atoms with van der Waals surface area (Å²) < 4.78 is 65.1. The molecule has 0 aliphatic rings. The van der Waals surface area contributed by atoms with Gasteiger partial charge in [-0.1, -0.05) is 12.1 Å². The van der Waals surface area contributed by atoms with Crippen molar-refractivity contribution in [2.45, 2.75) is 25.6 Å². The van der Waals surface area contributed by atoms with Crippen LogP contribution in [0.15, 0.2) is 42.5 Å². The Labute approximate surface area is 147 Å². The number of hydrogen-bond acceptors (Lipinski definition) is 2. The molecule has 0 radical (unpaired) electrons. The fraction of sp³-hybridized carbons (Fsp3) is 0.278. The van der Waals surface area contributed by atoms with Crippen LogP contribution in [0.2, 0.25) is 0 Å². The fourth-order valence-electron chi connectivity index (χ4n) is 2.40. The van der Waals surface area contributed by atoms with Crippen molar-refractivity contribution in [3.05, 3.63) is 65.2 Å². The molecule has 1 amide bonds. The minimum absolute atomic E-state index is 0.0478. The van der Waals surface area contributed by atoms with Crippen molar-refractivity contribution in [3.63, 3.8) is 0 Å². The van der Waals surface area contributed by atoms with E-state index in [0.29, 0.717) is 0 Å². The standard InChI is InChI=1S/C18H17F5N2O/c1-11(8-14-15(19)6-3-7-16(14)20)25-17(26)10-24-13-5-2-4-12(9-13)18(21,22)23/h2-7,9,11,24H,8,10H2,1H3,(H,25,26). The lowest BCUT2D eigenvalue weighted by molar-refractivity contribution is -0.137. The number of anilines is 1. The third-order valence-electron chi connectivity index (χ3n) is 3.62. The van der Waals surface area contributed by atoms with Crippen molar-refractivity contribution in [2.75, 3.05) is 11.9 Å². The van der Waals surface area contributed by atoms with E-state index in [1.54, 1.807) is 6.92 Å². The summed E-state index contributed by atoms with van der Waals surface area (Å²) in [6.07, 6.45) is -4.52. The van der Waals surface area contributed by atoms with Crippen LogP contribution >= 0.6 is 0 Å². The second-order valence-corrected chi connectivity index (χ2v) is 5.81. The van der Waals surface area contributed by atoms with Gasteiger partial charge < -0.3 is 10.6 Å². The maximum absolute atomic E-state index is 13.6. The lowest BCUT2D eigenvalue weighted by Gasteiger charge is -2.16. The van der Waals surface area contributed by atoms with Crippen LogP contribution in [0.3, 0.4) is 0 Å². The predicted octanol–water partition coefficient (Wildman–Crippen LogP) is 4.14. The van der Waals surface area contributed by atoms with Gasteiger partial charge in [-0.25, -0.2) is 8.78 Å². The van der Waals surface area contributed by atoms with Gasteiger partial charge in [-0.05, 0) is 43.7 Å². The molecule has 0 aliphatic heterocycles. The minimum atomic E-state index is -4.47. The molecule has 140 valence electrons. The predicted molar refractivity (Wildman–Crippen MR) is 87.6 cm³/mol. The Bertz CT molecular complexity index is 756. The van der Waals surface area contributed by atoms with E-state index in [4.69, 9.17) is 0 Å². The van der Waals surface area contributed by atoms with Crippen LogP contribution in [0.5, 0.6) is 0 Å². The van der Waals surface area contributed by atoms with Crippen molar-refractivity contribution in [1.29, 1.82) is 0 Å². The van der Waals surface area contributed by atoms with Crippen molar-refractivity contribution in [2.24, 2.45) is 0 Å². The molecule has 0 heterocycles. The molecule has 0 saturated heterocycles. The number of halogens is 5. The van der Waals surface area contributed by atoms with Crippen molar-refractivity contribution >= 4 is 11.6 Å². The van der Waals surface area contributed by atoms with Crippen LogP contribution in [-0.2, 0) is 17.4 Å². The molecule has 0 aromatic heterocycles. The molecule has 0 aliphatic carbocycles. The third-order valence-corrected chi connectivity index (χ3v) is 3.62. The maximum atomic E-state index is 13.6. The first-order chi connectivity index (χ1) is 12.2. The van der Waals surface area contributed by atoms with E-state index < -0.39 is 35.3 Å². The molecule has 3 nitrogen and oxygen atoms in total. The molecule has 2 rings (SSSR count). The Balaban J connectivity index is 1.89. The minimum Gasteiger partial charge on any atom is -0.376 e. The molecule has 0 saturated carbocycles. The van der Waals surface area contributed by atoms with Gasteiger partial charge in [-0.2, -0.15) is 13.2 Å². The van der Waals surface area contributed by atoms with Gasteiger partial charge in [0.15, 0.2) is 0 Å². The van der Waals surface area contributed by atoms with E-state index in [2.05, 4.69) is 10.6 Å². The average molecular weight is 372 g/mol. The van der Waals surface area contributed by atoms with E-state index >= 15 is 0 Å². The van der Waals surface area contributed by atoms with Crippen LogP contribution in [0, 0.1) is 11.6 Å². The highest BCUT2D eigenvalue weighted by molar-refractivity contribution is 5.81. The number of benzene rings is 2. The molecule has 0 bridgehead atoms. The highest BCUT2D eigenvalue weighted by Gasteiger charge is 2.30. The first-order valence-electron chi connectivity index (χ1n) is 7.80. The van der Waals surface area contributed by atoms with Gasteiger partial charge in [0.05, 0.1) is 12.1 Å². The molecule has 0 fully saturated rings. The van der Waals surface area contributed by atoms with E-state index in [9.17, 15) is 26.7 Å². The zero-order valence-corrected chi connectivity index (χ0v) is 13.8. The quantitative estimate of drug-likeness (QED) is 0.749. The second-order valence-electron chi connectivity index (χ2n) is 5.81. The van der Waals surface area contributed by atoms with Gasteiger partial charge in [0.25, 0.3) is 0 Å². The summed E-state index contributed by atoms with van der Waals surface area (Å²) in [5, 5.41) is 5.13. The number of carbonyl (C=O) groups excluding carboxylic acids is 1. The zero-order valence-electron chi connectivity index (χ0n) is 13.8. The molecule has 2 N–H and O–H groups in total. The smallest absolute Gasteiger partial charge is 0.376 e. The Morgan fingerprint density at radius 3 is 2.31 bits per heavy atom. The Kier molecular flexibility index (Phi) is 6.18. The summed E-state index contributed by atoms with van der Waals surface area (Å²) in [6.45, 7) is 1.31. The molecule has 1 atom stereocenters. The first kappa shape index (κ1) is 19.7. The molecule has 2 aromatic rings. The van der Waals surface area contributed by atoms with Gasteiger partial charge in [0, 0.05) is 17.3 Å². The number of amides is 1. The first-order valence-corrected chi connectivity index (χ1v) is 7.80. The van der Waals surface area contributed by atoms with Gasteiger partial charge >= 0.3 is 6.18 Å². The van der Waals surface area contributed by atoms with E-state index in [0.717, 1.165) is 24.3 Å². The SMILES string of the molecule is CC(Cc1c(F)cccc1F)NC(=O)CNc1cccc(C(F)(F)F)c1. The second kappa shape index (κ2) is 8.16. The summed E-state index contributed by atoms with van der Waals surface area (Å²) >= 11 is 0. The molecule has 0 spiro atoms. The monoisotopic (exact) mass is 372 g/mol. The number of alkyl halides is 3. The zero-order chi connectivity index (χ0) is 19.3. The summed E-state index contributed by atoms with van der Waals surface area (Å²) in [4.78, 5) is 11.9. The van der Waals surface area contributed by atoms with Gasteiger partial charge in [0.2, 0.25) is 5.91 Å². The van der Waals surface area contributed by atoms with E-state index in [1.165, 1.54) is 18.2 Å². The van der Waals surface area contributed by atoms with Crippen LogP contribution < -0.4 is 10.6 Å². The molecule has 1 unspecified atom stereocenters.